The van der Waals surface area contributed by atoms with Crippen LogP contribution < -0.4 is 5.32 Å². The minimum Gasteiger partial charge on any atom is -0.444 e. The van der Waals surface area contributed by atoms with Crippen LogP contribution in [0.3, 0.4) is 0 Å². The first kappa shape index (κ1) is 29.2. The number of H-pyrrole nitrogens is 1. The summed E-state index contributed by atoms with van der Waals surface area (Å²) in [6.45, 7) is 9.99. The highest BCUT2D eigenvalue weighted by Crippen LogP contribution is 2.30. The molecule has 1 fully saturated rings. The van der Waals surface area contributed by atoms with Gasteiger partial charge in [-0.05, 0) is 83.6 Å². The van der Waals surface area contributed by atoms with E-state index in [0.717, 1.165) is 65.8 Å². The Labute approximate surface area is 245 Å². The van der Waals surface area contributed by atoms with Crippen LogP contribution in [0.1, 0.15) is 85.5 Å². The van der Waals surface area contributed by atoms with Gasteiger partial charge in [0, 0.05) is 55.1 Å². The van der Waals surface area contributed by atoms with Gasteiger partial charge in [0.2, 0.25) is 0 Å². The number of amides is 2. The maximum atomic E-state index is 12.4. The van der Waals surface area contributed by atoms with E-state index < -0.39 is 5.60 Å². The number of rotatable bonds is 9. The number of likely N-dealkylation sites (tertiary alicyclic amines) is 1. The molecule has 1 aliphatic rings. The lowest BCUT2D eigenvalue weighted by Crippen LogP contribution is -2.41. The minimum absolute atomic E-state index is 0.241. The Bertz CT molecular complexity index is 1510. The highest BCUT2D eigenvalue weighted by molar-refractivity contribution is 5.91. The van der Waals surface area contributed by atoms with E-state index in [2.05, 4.69) is 47.9 Å². The number of hydrogen-bond acceptors (Lipinski definition) is 8. The summed E-state index contributed by atoms with van der Waals surface area (Å²) < 4.78 is 7.21. The quantitative estimate of drug-likeness (QED) is 0.282. The van der Waals surface area contributed by atoms with Gasteiger partial charge in [0.1, 0.15) is 5.60 Å². The van der Waals surface area contributed by atoms with Crippen LogP contribution in [0.5, 0.6) is 0 Å². The molecule has 222 valence electrons. The van der Waals surface area contributed by atoms with Crippen molar-refractivity contribution in [2.45, 2.75) is 84.4 Å². The van der Waals surface area contributed by atoms with Crippen LogP contribution in [0, 0.1) is 6.92 Å². The van der Waals surface area contributed by atoms with E-state index in [1.54, 1.807) is 22.0 Å². The van der Waals surface area contributed by atoms with Crippen LogP contribution in [-0.4, -0.2) is 70.8 Å². The number of fused-ring (bicyclic) bond motifs is 1. The third-order valence-electron chi connectivity index (χ3n) is 7.30. The fourth-order valence-electron chi connectivity index (χ4n) is 5.01. The van der Waals surface area contributed by atoms with Gasteiger partial charge >= 0.3 is 6.09 Å². The zero-order valence-electron chi connectivity index (χ0n) is 24.8. The van der Waals surface area contributed by atoms with Gasteiger partial charge in [-0.1, -0.05) is 11.3 Å². The molecule has 12 nitrogen and oxygen atoms in total. The standard InChI is InChI=1S/C30H39N9O3/c1-20-8-9-21(17-31-20)18-32-28(40)26-19-39(37-35-26)12-6-5-7-24-15-23-16-25(33-27(23)36-34-24)22-10-13-38(14-11-22)29(41)42-30(2,3)4/h8-9,15-17,19,22H,5-7,10-14,18H2,1-4H3,(H,32,40)(H,33,36). The van der Waals surface area contributed by atoms with Crippen molar-refractivity contribution in [3.8, 4) is 0 Å². The molecule has 1 aliphatic heterocycles. The van der Waals surface area contributed by atoms with E-state index in [1.807, 2.05) is 39.8 Å². The summed E-state index contributed by atoms with van der Waals surface area (Å²) in [6.07, 6.45) is 7.51. The zero-order valence-corrected chi connectivity index (χ0v) is 24.8. The van der Waals surface area contributed by atoms with Crippen molar-refractivity contribution in [1.82, 2.24) is 45.4 Å². The summed E-state index contributed by atoms with van der Waals surface area (Å²) in [5.41, 5.74) is 4.54. The summed E-state index contributed by atoms with van der Waals surface area (Å²) in [7, 11) is 0. The van der Waals surface area contributed by atoms with E-state index in [-0.39, 0.29) is 12.0 Å². The largest absolute Gasteiger partial charge is 0.444 e. The first-order valence-electron chi connectivity index (χ1n) is 14.6. The number of carbonyl (C=O) groups is 2. The minimum atomic E-state index is -0.486. The summed E-state index contributed by atoms with van der Waals surface area (Å²) in [6, 6.07) is 8.12. The van der Waals surface area contributed by atoms with E-state index in [9.17, 15) is 9.59 Å². The molecule has 12 heteroatoms. The normalized spacial score (nSPS) is 14.3. The number of unbranched alkanes of at least 4 members (excludes halogenated alkanes) is 1. The Kier molecular flexibility index (Phi) is 8.79. The lowest BCUT2D eigenvalue weighted by Gasteiger charge is -2.33. The van der Waals surface area contributed by atoms with E-state index in [0.29, 0.717) is 37.8 Å². The lowest BCUT2D eigenvalue weighted by molar-refractivity contribution is 0.0204. The fourth-order valence-corrected chi connectivity index (χ4v) is 5.01. The second-order valence-corrected chi connectivity index (χ2v) is 11.9. The van der Waals surface area contributed by atoms with Crippen LogP contribution >= 0.6 is 0 Å². The third-order valence-corrected chi connectivity index (χ3v) is 7.30. The highest BCUT2D eigenvalue weighted by atomic mass is 16.6. The zero-order chi connectivity index (χ0) is 29.7. The van der Waals surface area contributed by atoms with Gasteiger partial charge in [-0.3, -0.25) is 14.5 Å². The average molecular weight is 574 g/mol. The fraction of sp³-hybridized carbons (Fsp3) is 0.500. The monoisotopic (exact) mass is 573 g/mol. The van der Waals surface area contributed by atoms with Crippen molar-refractivity contribution in [3.63, 3.8) is 0 Å². The first-order valence-corrected chi connectivity index (χ1v) is 14.6. The molecule has 2 amide bonds. The molecule has 42 heavy (non-hydrogen) atoms. The van der Waals surface area contributed by atoms with Gasteiger partial charge in [0.05, 0.1) is 11.9 Å². The Balaban J connectivity index is 1.06. The van der Waals surface area contributed by atoms with E-state index >= 15 is 0 Å². The summed E-state index contributed by atoms with van der Waals surface area (Å²) in [4.78, 5) is 34.3. The van der Waals surface area contributed by atoms with Gasteiger partial charge in [0.15, 0.2) is 11.3 Å². The van der Waals surface area contributed by atoms with Crippen LogP contribution in [0.4, 0.5) is 4.79 Å². The van der Waals surface area contributed by atoms with Crippen molar-refractivity contribution in [3.05, 3.63) is 65.0 Å². The Morgan fingerprint density at radius 1 is 1.10 bits per heavy atom. The van der Waals surface area contributed by atoms with Crippen LogP contribution in [0.2, 0.25) is 0 Å². The van der Waals surface area contributed by atoms with Gasteiger partial charge in [-0.2, -0.15) is 5.10 Å². The molecular formula is C30H39N9O3. The maximum absolute atomic E-state index is 12.4. The first-order chi connectivity index (χ1) is 20.1. The van der Waals surface area contributed by atoms with Gasteiger partial charge in [-0.25, -0.2) is 4.79 Å². The number of carbonyl (C=O) groups excluding carboxylic acids is 2. The number of aromatic nitrogens is 7. The molecule has 0 aliphatic carbocycles. The van der Waals surface area contributed by atoms with Crippen LogP contribution in [0.15, 0.2) is 36.7 Å². The molecule has 0 radical (unpaired) electrons. The van der Waals surface area contributed by atoms with Gasteiger partial charge < -0.3 is 19.9 Å². The Morgan fingerprint density at radius 2 is 1.90 bits per heavy atom. The molecule has 5 heterocycles. The topological polar surface area (TPSA) is 144 Å². The molecular weight excluding hydrogens is 534 g/mol. The van der Waals surface area contributed by atoms with Gasteiger partial charge in [-0.15, -0.1) is 10.2 Å². The third kappa shape index (κ3) is 7.68. The summed E-state index contributed by atoms with van der Waals surface area (Å²) in [5, 5.41) is 20.9. The number of nitrogens with one attached hydrogen (secondary N) is 2. The predicted octanol–water partition coefficient (Wildman–Crippen LogP) is 4.32. The second kappa shape index (κ2) is 12.7. The molecule has 1 saturated heterocycles. The van der Waals surface area contributed by atoms with Crippen molar-refractivity contribution in [2.24, 2.45) is 0 Å². The number of piperidine rings is 1. The van der Waals surface area contributed by atoms with Gasteiger partial charge in [0.25, 0.3) is 5.91 Å². The van der Waals surface area contributed by atoms with E-state index in [1.165, 1.54) is 0 Å². The molecule has 2 N–H and O–H groups in total. The van der Waals surface area contributed by atoms with Crippen molar-refractivity contribution < 1.29 is 14.3 Å². The molecule has 0 unspecified atom stereocenters. The summed E-state index contributed by atoms with van der Waals surface area (Å²) in [5.74, 6) is 0.0838. The number of pyridine rings is 1. The molecule has 0 bridgehead atoms. The number of aryl methyl sites for hydroxylation is 3. The van der Waals surface area contributed by atoms with Crippen LogP contribution in [-0.2, 0) is 24.2 Å². The smallest absolute Gasteiger partial charge is 0.410 e. The van der Waals surface area contributed by atoms with Crippen molar-refractivity contribution in [2.75, 3.05) is 13.1 Å². The maximum Gasteiger partial charge on any atom is 0.410 e. The molecule has 4 aromatic rings. The number of hydrogen-bond donors (Lipinski definition) is 2. The molecule has 0 aromatic carbocycles. The number of ether oxygens (including phenoxy) is 1. The highest BCUT2D eigenvalue weighted by Gasteiger charge is 2.28. The molecule has 0 saturated carbocycles. The number of nitrogens with zero attached hydrogens (tertiary/aromatic N) is 7. The lowest BCUT2D eigenvalue weighted by atomic mass is 9.94. The molecule has 0 spiro atoms. The predicted molar refractivity (Wildman–Crippen MR) is 157 cm³/mol. The molecule has 0 atom stereocenters. The second-order valence-electron chi connectivity index (χ2n) is 11.9. The Morgan fingerprint density at radius 3 is 2.64 bits per heavy atom. The Hall–Kier alpha value is -4.35. The van der Waals surface area contributed by atoms with Crippen LogP contribution in [0.25, 0.3) is 11.0 Å². The average Bonchev–Trinajstić information content (AvgIpc) is 3.61. The van der Waals surface area contributed by atoms with Crippen molar-refractivity contribution in [1.29, 1.82) is 0 Å². The van der Waals surface area contributed by atoms with E-state index in [4.69, 9.17) is 4.74 Å². The molecule has 5 rings (SSSR count). The van der Waals surface area contributed by atoms with Crippen molar-refractivity contribution >= 4 is 23.0 Å². The number of aromatic amines is 1. The SMILES string of the molecule is Cc1ccc(CNC(=O)c2cn(CCCCc3cc4cc(C5CCN(C(=O)OC(C)(C)C)CC5)[nH]c4nn3)nn2)cn1. The summed E-state index contributed by atoms with van der Waals surface area (Å²) >= 11 is 0. The molecule has 4 aromatic heterocycles.